The van der Waals surface area contributed by atoms with Gasteiger partial charge in [0.05, 0.1) is 19.8 Å². The zero-order chi connectivity index (χ0) is 16.8. The van der Waals surface area contributed by atoms with E-state index >= 15 is 0 Å². The zero-order valence-electron chi connectivity index (χ0n) is 13.6. The third-order valence-electron chi connectivity index (χ3n) is 3.83. The van der Waals surface area contributed by atoms with Gasteiger partial charge in [-0.15, -0.1) is 10.2 Å². The van der Waals surface area contributed by atoms with Crippen molar-refractivity contribution in [3.8, 4) is 0 Å². The van der Waals surface area contributed by atoms with E-state index in [0.717, 1.165) is 16.7 Å². The van der Waals surface area contributed by atoms with Gasteiger partial charge >= 0.3 is 6.03 Å². The Bertz CT molecular complexity index is 670. The maximum absolute atomic E-state index is 12.1. The molecule has 128 valence electrons. The molecule has 0 atom stereocenters. The van der Waals surface area contributed by atoms with Crippen molar-refractivity contribution in [2.45, 2.75) is 17.5 Å². The number of hydrogen-bond acceptors (Lipinski definition) is 5. The highest BCUT2D eigenvalue weighted by Gasteiger charge is 2.17. The van der Waals surface area contributed by atoms with Crippen molar-refractivity contribution in [2.24, 2.45) is 7.05 Å². The fraction of sp³-hybridized carbons (Fsp3) is 0.438. The molecule has 1 fully saturated rings. The Morgan fingerprint density at radius 1 is 1.25 bits per heavy atom. The van der Waals surface area contributed by atoms with Crippen LogP contribution in [0.2, 0.25) is 0 Å². The second-order valence-corrected chi connectivity index (χ2v) is 6.43. The largest absolute Gasteiger partial charge is 0.378 e. The van der Waals surface area contributed by atoms with Gasteiger partial charge in [-0.05, 0) is 5.56 Å². The molecule has 1 aliphatic rings. The molecule has 0 aliphatic carbocycles. The van der Waals surface area contributed by atoms with Crippen LogP contribution in [0.15, 0.2) is 35.5 Å². The molecule has 0 spiro atoms. The topological polar surface area (TPSA) is 72.3 Å². The summed E-state index contributed by atoms with van der Waals surface area (Å²) in [6, 6.07) is 10.2. The van der Waals surface area contributed by atoms with Gasteiger partial charge in [0, 0.05) is 25.9 Å². The van der Waals surface area contributed by atoms with Crippen molar-refractivity contribution in [2.75, 3.05) is 26.3 Å². The third kappa shape index (κ3) is 4.27. The van der Waals surface area contributed by atoms with Crippen LogP contribution in [0, 0.1) is 0 Å². The molecule has 0 saturated carbocycles. The van der Waals surface area contributed by atoms with Crippen molar-refractivity contribution in [1.29, 1.82) is 0 Å². The molecular formula is C16H21N5O2S. The molecule has 2 amide bonds. The number of ether oxygens (including phenoxy) is 1. The fourth-order valence-electron chi connectivity index (χ4n) is 2.38. The number of urea groups is 1. The molecule has 7 nitrogen and oxygen atoms in total. The number of amides is 2. The van der Waals surface area contributed by atoms with Crippen LogP contribution in [0.1, 0.15) is 11.4 Å². The third-order valence-corrected chi connectivity index (χ3v) is 4.92. The number of nitrogens with one attached hydrogen (secondary N) is 1. The van der Waals surface area contributed by atoms with Crippen LogP contribution in [-0.4, -0.2) is 52.0 Å². The second kappa shape index (κ2) is 8.16. The average molecular weight is 347 g/mol. The smallest absolute Gasteiger partial charge is 0.317 e. The lowest BCUT2D eigenvalue weighted by molar-refractivity contribution is 0.0531. The molecule has 0 bridgehead atoms. The van der Waals surface area contributed by atoms with Gasteiger partial charge in [-0.3, -0.25) is 0 Å². The van der Waals surface area contributed by atoms with E-state index in [1.807, 2.05) is 29.8 Å². The molecule has 0 radical (unpaired) electrons. The van der Waals surface area contributed by atoms with E-state index in [-0.39, 0.29) is 6.03 Å². The molecule has 8 heteroatoms. The lowest BCUT2D eigenvalue weighted by Crippen LogP contribution is -2.46. The van der Waals surface area contributed by atoms with Crippen LogP contribution >= 0.6 is 11.8 Å². The summed E-state index contributed by atoms with van der Waals surface area (Å²) in [5.74, 6) is 1.58. The predicted octanol–water partition coefficient (Wildman–Crippen LogP) is 1.65. The van der Waals surface area contributed by atoms with Gasteiger partial charge in [0.25, 0.3) is 0 Å². The number of hydrogen-bond donors (Lipinski definition) is 1. The van der Waals surface area contributed by atoms with Gasteiger partial charge in [-0.1, -0.05) is 42.1 Å². The monoisotopic (exact) mass is 347 g/mol. The Labute approximate surface area is 145 Å². The molecule has 0 unspecified atom stereocenters. The first-order valence-electron chi connectivity index (χ1n) is 7.89. The van der Waals surface area contributed by atoms with E-state index < -0.39 is 0 Å². The molecular weight excluding hydrogens is 326 g/mol. The number of morpholine rings is 1. The molecule has 3 rings (SSSR count). The first kappa shape index (κ1) is 16.8. The molecule has 1 aromatic heterocycles. The first-order chi connectivity index (χ1) is 11.7. The Kier molecular flexibility index (Phi) is 5.71. The number of carbonyl (C=O) groups excluding carboxylic acids is 1. The highest BCUT2D eigenvalue weighted by molar-refractivity contribution is 7.98. The molecule has 2 heterocycles. The minimum absolute atomic E-state index is 0.0835. The fourth-order valence-corrected chi connectivity index (χ4v) is 3.27. The Morgan fingerprint density at radius 2 is 2.00 bits per heavy atom. The summed E-state index contributed by atoms with van der Waals surface area (Å²) in [6.45, 7) is 2.81. The number of aromatic nitrogens is 3. The molecule has 2 aromatic rings. The standard InChI is InChI=1S/C16H21N5O2S/c1-20-14(11-17-15(22)21-7-9-23-10-8-21)18-19-16(20)24-12-13-5-3-2-4-6-13/h2-6H,7-12H2,1H3,(H,17,22). The maximum atomic E-state index is 12.1. The number of rotatable bonds is 5. The van der Waals surface area contributed by atoms with Gasteiger partial charge in [0.15, 0.2) is 11.0 Å². The van der Waals surface area contributed by atoms with Crippen LogP contribution in [0.4, 0.5) is 4.79 Å². The van der Waals surface area contributed by atoms with E-state index in [1.54, 1.807) is 16.7 Å². The summed E-state index contributed by atoms with van der Waals surface area (Å²) < 4.78 is 7.17. The predicted molar refractivity (Wildman–Crippen MR) is 91.6 cm³/mol. The first-order valence-corrected chi connectivity index (χ1v) is 8.88. The lowest BCUT2D eigenvalue weighted by atomic mass is 10.2. The van der Waals surface area contributed by atoms with E-state index in [9.17, 15) is 4.79 Å². The Balaban J connectivity index is 1.51. The molecule has 1 aliphatic heterocycles. The van der Waals surface area contributed by atoms with E-state index in [1.165, 1.54) is 5.56 Å². The van der Waals surface area contributed by atoms with Crippen molar-refractivity contribution >= 4 is 17.8 Å². The van der Waals surface area contributed by atoms with E-state index in [0.29, 0.717) is 32.8 Å². The summed E-state index contributed by atoms with van der Waals surface area (Å²) in [7, 11) is 1.92. The SMILES string of the molecule is Cn1c(CNC(=O)N2CCOCC2)nnc1SCc1ccccc1. The van der Waals surface area contributed by atoms with Crippen molar-refractivity contribution < 1.29 is 9.53 Å². The van der Waals surface area contributed by atoms with Crippen LogP contribution in [0.3, 0.4) is 0 Å². The number of carbonyl (C=O) groups is 1. The molecule has 1 N–H and O–H groups in total. The summed E-state index contributed by atoms with van der Waals surface area (Å²) in [4.78, 5) is 13.9. The van der Waals surface area contributed by atoms with Crippen molar-refractivity contribution in [1.82, 2.24) is 25.0 Å². The molecule has 24 heavy (non-hydrogen) atoms. The van der Waals surface area contributed by atoms with Crippen LogP contribution in [0.5, 0.6) is 0 Å². The number of thioether (sulfide) groups is 1. The summed E-state index contributed by atoms with van der Waals surface area (Å²) in [5.41, 5.74) is 1.24. The normalized spacial score (nSPS) is 14.6. The highest BCUT2D eigenvalue weighted by atomic mass is 32.2. The number of benzene rings is 1. The van der Waals surface area contributed by atoms with Crippen molar-refractivity contribution in [3.63, 3.8) is 0 Å². The zero-order valence-corrected chi connectivity index (χ0v) is 14.5. The Hall–Kier alpha value is -2.06. The Morgan fingerprint density at radius 3 is 2.75 bits per heavy atom. The van der Waals surface area contributed by atoms with E-state index in [2.05, 4.69) is 27.6 Å². The van der Waals surface area contributed by atoms with Gasteiger partial charge in [-0.25, -0.2) is 4.79 Å². The van der Waals surface area contributed by atoms with Gasteiger partial charge < -0.3 is 19.5 Å². The summed E-state index contributed by atoms with van der Waals surface area (Å²) >= 11 is 1.63. The summed E-state index contributed by atoms with van der Waals surface area (Å²) in [5, 5.41) is 12.1. The lowest BCUT2D eigenvalue weighted by Gasteiger charge is -2.26. The van der Waals surface area contributed by atoms with E-state index in [4.69, 9.17) is 4.74 Å². The van der Waals surface area contributed by atoms with Gasteiger partial charge in [0.1, 0.15) is 0 Å². The summed E-state index contributed by atoms with van der Waals surface area (Å²) in [6.07, 6.45) is 0. The molecule has 1 saturated heterocycles. The second-order valence-electron chi connectivity index (χ2n) is 5.49. The minimum Gasteiger partial charge on any atom is -0.378 e. The minimum atomic E-state index is -0.0835. The van der Waals surface area contributed by atoms with Crippen LogP contribution in [-0.2, 0) is 24.1 Å². The maximum Gasteiger partial charge on any atom is 0.317 e. The van der Waals surface area contributed by atoms with Gasteiger partial charge in [-0.2, -0.15) is 0 Å². The number of nitrogens with zero attached hydrogens (tertiary/aromatic N) is 4. The van der Waals surface area contributed by atoms with Crippen LogP contribution < -0.4 is 5.32 Å². The molecule has 1 aromatic carbocycles. The van der Waals surface area contributed by atoms with Crippen LogP contribution in [0.25, 0.3) is 0 Å². The average Bonchev–Trinajstić information content (AvgIpc) is 2.99. The van der Waals surface area contributed by atoms with Crippen molar-refractivity contribution in [3.05, 3.63) is 41.7 Å². The van der Waals surface area contributed by atoms with Gasteiger partial charge in [0.2, 0.25) is 0 Å². The highest BCUT2D eigenvalue weighted by Crippen LogP contribution is 2.20. The quantitative estimate of drug-likeness (QED) is 0.833.